The maximum absolute atomic E-state index is 14.6. The molecule has 10 nitrogen and oxygen atoms in total. The van der Waals surface area contributed by atoms with E-state index < -0.39 is 47.1 Å². The van der Waals surface area contributed by atoms with Crippen molar-refractivity contribution in [3.8, 4) is 22.8 Å². The van der Waals surface area contributed by atoms with Gasteiger partial charge in [0.05, 0.1) is 25.5 Å². The molecule has 4 aromatic rings. The van der Waals surface area contributed by atoms with E-state index in [1.54, 1.807) is 0 Å². The maximum Gasteiger partial charge on any atom is 0.424 e. The molecule has 0 aliphatic carbocycles. The lowest BCUT2D eigenvalue weighted by Crippen LogP contribution is -2.51. The van der Waals surface area contributed by atoms with Crippen molar-refractivity contribution in [3.05, 3.63) is 77.4 Å². The molecule has 2 aromatic heterocycles. The van der Waals surface area contributed by atoms with Gasteiger partial charge in [-0.1, -0.05) is 0 Å². The zero-order chi connectivity index (χ0) is 30.4. The van der Waals surface area contributed by atoms with Crippen molar-refractivity contribution >= 4 is 22.7 Å². The molecule has 4 N–H and O–H groups in total. The summed E-state index contributed by atoms with van der Waals surface area (Å²) in [6, 6.07) is 9.73. The number of alkyl halides is 3. The zero-order valence-electron chi connectivity index (χ0n) is 22.1. The molecule has 218 valence electrons. The Balaban J connectivity index is 1.59. The van der Waals surface area contributed by atoms with Crippen LogP contribution >= 0.6 is 0 Å². The Morgan fingerprint density at radius 1 is 1.17 bits per heavy atom. The monoisotopic (exact) mass is 585 g/mol. The van der Waals surface area contributed by atoms with Gasteiger partial charge < -0.3 is 25.6 Å². The molecular weight excluding hydrogens is 562 g/mol. The summed E-state index contributed by atoms with van der Waals surface area (Å²) in [5.41, 5.74) is -0.467. The summed E-state index contributed by atoms with van der Waals surface area (Å²) < 4.78 is 68.3. The summed E-state index contributed by atoms with van der Waals surface area (Å²) in [6.45, 7) is -0.273. The van der Waals surface area contributed by atoms with Crippen LogP contribution < -0.4 is 20.5 Å². The van der Waals surface area contributed by atoms with Crippen molar-refractivity contribution in [1.29, 1.82) is 0 Å². The Hall–Kier alpha value is -4.85. The summed E-state index contributed by atoms with van der Waals surface area (Å²) in [5, 5.41) is 21.4. The molecule has 14 heteroatoms. The van der Waals surface area contributed by atoms with Crippen molar-refractivity contribution in [2.75, 3.05) is 20.3 Å². The number of aromatic nitrogens is 3. The molecule has 0 saturated heterocycles. The minimum Gasteiger partial charge on any atom is -0.494 e. The van der Waals surface area contributed by atoms with Crippen LogP contribution in [0.15, 0.2) is 54.7 Å². The number of hydrogen-bond donors (Lipinski definition) is 3. The number of nitrogens with one attached hydrogen (secondary N) is 1. The lowest BCUT2D eigenvalue weighted by molar-refractivity contribution is -0.265. The van der Waals surface area contributed by atoms with Gasteiger partial charge in [0.1, 0.15) is 40.5 Å². The Morgan fingerprint density at radius 2 is 1.88 bits per heavy atom. The van der Waals surface area contributed by atoms with Crippen LogP contribution in [0.25, 0.3) is 22.2 Å². The number of hydrogen-bond acceptors (Lipinski definition) is 8. The summed E-state index contributed by atoms with van der Waals surface area (Å²) in [6.07, 6.45) is -3.99. The second-order valence-electron chi connectivity index (χ2n) is 9.91. The molecule has 0 bridgehead atoms. The Bertz CT molecular complexity index is 1720. The van der Waals surface area contributed by atoms with Crippen molar-refractivity contribution in [3.63, 3.8) is 0 Å². The first-order chi connectivity index (χ1) is 19.8. The first kappa shape index (κ1) is 28.7. The van der Waals surface area contributed by atoms with E-state index >= 15 is 0 Å². The van der Waals surface area contributed by atoms with Gasteiger partial charge in [-0.15, -0.1) is 5.10 Å². The molecule has 0 saturated carbocycles. The summed E-state index contributed by atoms with van der Waals surface area (Å²) in [5.74, 6) is -2.33. The van der Waals surface area contributed by atoms with E-state index in [0.29, 0.717) is 10.9 Å². The molecular formula is C28H23F4N5O5. The third-order valence-corrected chi connectivity index (χ3v) is 7.20. The third kappa shape index (κ3) is 4.72. The minimum absolute atomic E-state index is 0.0356. The molecule has 3 heterocycles. The van der Waals surface area contributed by atoms with Crippen LogP contribution in [0.2, 0.25) is 0 Å². The summed E-state index contributed by atoms with van der Waals surface area (Å²) in [7, 11) is 1.33. The van der Waals surface area contributed by atoms with Crippen LogP contribution in [0.4, 0.5) is 17.6 Å². The number of aliphatic hydroxyl groups is 1. The Kier molecular flexibility index (Phi) is 6.97. The Morgan fingerprint density at radius 3 is 2.52 bits per heavy atom. The predicted molar refractivity (Wildman–Crippen MR) is 140 cm³/mol. The molecule has 2 atom stereocenters. The largest absolute Gasteiger partial charge is 0.494 e. The van der Waals surface area contributed by atoms with Gasteiger partial charge in [0.2, 0.25) is 11.5 Å². The second-order valence-corrected chi connectivity index (χ2v) is 9.91. The number of nitrogens with two attached hydrogens (primary N) is 1. The highest BCUT2D eigenvalue weighted by Gasteiger charge is 2.57. The topological polar surface area (TPSA) is 150 Å². The normalized spacial score (nSPS) is 17.7. The lowest BCUT2D eigenvalue weighted by Gasteiger charge is -2.31. The molecule has 2 amide bonds. The number of halogens is 4. The van der Waals surface area contributed by atoms with Gasteiger partial charge in [0, 0.05) is 22.1 Å². The summed E-state index contributed by atoms with van der Waals surface area (Å²) >= 11 is 0. The first-order valence-corrected chi connectivity index (χ1v) is 12.4. The fraction of sp³-hybridized carbons (Fsp3) is 0.250. The number of benzene rings is 2. The highest BCUT2D eigenvalue weighted by molar-refractivity contribution is 5.99. The highest BCUT2D eigenvalue weighted by Crippen LogP contribution is 2.47. The first-order valence-electron chi connectivity index (χ1n) is 12.4. The standard InChI is InChI=1S/C28H23F4N5O5/c1-26(25(33)39)13-42-23-18(26)11-20(36-22(23)14-3-5-17(29)6-4-14)27(40,28(30,31)32)12-34-24(38)16-9-15-7-8-35-37-21(15)19(10-16)41-2/h3-11,40H,12-13H2,1-2H3,(H2,33,39)(H,34,38)/t26-,27?/m0/s1. The SMILES string of the molecule is COc1cc(C(=O)NCC(O)(c2cc3c(c(-c4ccc(F)cc4)n2)OC[C@]3(C)C(N)=O)C(F)(F)F)cc2ccnnc12. The van der Waals surface area contributed by atoms with Gasteiger partial charge >= 0.3 is 6.18 Å². The highest BCUT2D eigenvalue weighted by atomic mass is 19.4. The lowest BCUT2D eigenvalue weighted by atomic mass is 9.81. The van der Waals surface area contributed by atoms with Crippen molar-refractivity contribution in [2.45, 2.75) is 24.1 Å². The molecule has 5 rings (SSSR count). The van der Waals surface area contributed by atoms with Gasteiger partial charge in [-0.3, -0.25) is 9.59 Å². The van der Waals surface area contributed by atoms with Crippen LogP contribution in [0.1, 0.15) is 28.5 Å². The predicted octanol–water partition coefficient (Wildman–Crippen LogP) is 3.15. The van der Waals surface area contributed by atoms with E-state index in [1.807, 2.05) is 0 Å². The van der Waals surface area contributed by atoms with Crippen LogP contribution in [-0.2, 0) is 15.8 Å². The van der Waals surface area contributed by atoms with Crippen LogP contribution in [-0.4, -0.2) is 58.5 Å². The van der Waals surface area contributed by atoms with Crippen LogP contribution in [0, 0.1) is 5.82 Å². The van der Waals surface area contributed by atoms with Crippen LogP contribution in [0.5, 0.6) is 11.5 Å². The van der Waals surface area contributed by atoms with Gasteiger partial charge in [-0.25, -0.2) is 9.37 Å². The fourth-order valence-electron chi connectivity index (χ4n) is 4.60. The number of carbonyl (C=O) groups excluding carboxylic acids is 2. The fourth-order valence-corrected chi connectivity index (χ4v) is 4.60. The average molecular weight is 586 g/mol. The number of rotatable bonds is 7. The molecule has 1 unspecified atom stereocenters. The van der Waals surface area contributed by atoms with E-state index in [-0.39, 0.29) is 40.5 Å². The second kappa shape index (κ2) is 10.2. The molecule has 0 spiro atoms. The molecule has 1 aliphatic heterocycles. The van der Waals surface area contributed by atoms with Gasteiger partial charge in [0.15, 0.2) is 0 Å². The van der Waals surface area contributed by atoms with E-state index in [2.05, 4.69) is 20.5 Å². The van der Waals surface area contributed by atoms with Gasteiger partial charge in [-0.2, -0.15) is 18.3 Å². The number of primary amides is 1. The van der Waals surface area contributed by atoms with E-state index in [0.717, 1.165) is 18.2 Å². The number of carbonyl (C=O) groups is 2. The number of ether oxygens (including phenoxy) is 2. The zero-order valence-corrected chi connectivity index (χ0v) is 22.1. The van der Waals surface area contributed by atoms with E-state index in [1.165, 1.54) is 50.6 Å². The molecule has 2 aromatic carbocycles. The van der Waals surface area contributed by atoms with Crippen molar-refractivity contribution in [2.24, 2.45) is 5.73 Å². The maximum atomic E-state index is 14.6. The number of pyridine rings is 1. The number of amides is 2. The number of nitrogens with zero attached hydrogens (tertiary/aromatic N) is 3. The van der Waals surface area contributed by atoms with Crippen molar-refractivity contribution < 1.29 is 41.7 Å². The van der Waals surface area contributed by atoms with Gasteiger partial charge in [-0.05, 0) is 55.5 Å². The smallest absolute Gasteiger partial charge is 0.424 e. The number of fused-ring (bicyclic) bond motifs is 2. The molecule has 1 aliphatic rings. The average Bonchev–Trinajstić information content (AvgIpc) is 3.32. The molecule has 0 fully saturated rings. The molecule has 42 heavy (non-hydrogen) atoms. The van der Waals surface area contributed by atoms with Crippen LogP contribution in [0.3, 0.4) is 0 Å². The Labute approximate surface area is 235 Å². The number of methoxy groups -OCH3 is 1. The third-order valence-electron chi connectivity index (χ3n) is 7.20. The summed E-state index contributed by atoms with van der Waals surface area (Å²) in [4.78, 5) is 29.5. The van der Waals surface area contributed by atoms with Gasteiger partial charge in [0.25, 0.3) is 5.91 Å². The van der Waals surface area contributed by atoms with E-state index in [4.69, 9.17) is 15.2 Å². The quantitative estimate of drug-likeness (QED) is 0.280. The molecule has 0 radical (unpaired) electrons. The van der Waals surface area contributed by atoms with Crippen molar-refractivity contribution in [1.82, 2.24) is 20.5 Å². The van der Waals surface area contributed by atoms with E-state index in [9.17, 15) is 32.3 Å². The minimum atomic E-state index is -5.36.